The number of ether oxygens (including phenoxy) is 1. The summed E-state index contributed by atoms with van der Waals surface area (Å²) in [5.74, 6) is 1.42. The normalized spacial score (nSPS) is 26.7. The van der Waals surface area contributed by atoms with E-state index in [9.17, 15) is 4.57 Å². The van der Waals surface area contributed by atoms with E-state index in [4.69, 9.17) is 32.5 Å². The van der Waals surface area contributed by atoms with Crippen molar-refractivity contribution in [1.29, 1.82) is 0 Å². The quantitative estimate of drug-likeness (QED) is 0.364. The van der Waals surface area contributed by atoms with Crippen LogP contribution in [0, 0.1) is 0 Å². The summed E-state index contributed by atoms with van der Waals surface area (Å²) in [5.41, 5.74) is 0. The number of hydrogen-bond acceptors (Lipinski definition) is 3. The lowest BCUT2D eigenvalue weighted by atomic mass is 10.2. The van der Waals surface area contributed by atoms with Gasteiger partial charge in [0.25, 0.3) is 0 Å². The Balaban J connectivity index is 2.71. The van der Waals surface area contributed by atoms with Crippen LogP contribution in [0.2, 0.25) is 0 Å². The zero-order valence-corrected chi connectivity index (χ0v) is 14.9. The number of hydrogen-bond donors (Lipinski definition) is 1. The summed E-state index contributed by atoms with van der Waals surface area (Å²) in [6, 6.07) is 0. The van der Waals surface area contributed by atoms with E-state index in [0.29, 0.717) is 43.6 Å². The van der Waals surface area contributed by atoms with Crippen LogP contribution in [-0.2, 0) is 13.8 Å². The summed E-state index contributed by atoms with van der Waals surface area (Å²) in [6.07, 6.45) is 3.23. The topological polar surface area (TPSA) is 50.8 Å². The highest BCUT2D eigenvalue weighted by molar-refractivity contribution is 7.54. The summed E-state index contributed by atoms with van der Waals surface area (Å²) in [5, 5.41) is 2.89. The minimum absolute atomic E-state index is 0.324. The molecule has 0 amide bonds. The number of nitrogens with one attached hydrogen (secondary N) is 1. The average molecular weight is 359 g/mol. The third-order valence-electron chi connectivity index (χ3n) is 3.13. The van der Waals surface area contributed by atoms with E-state index in [1.54, 1.807) is 4.67 Å². The summed E-state index contributed by atoms with van der Waals surface area (Å²) >= 11 is 11.5. The van der Waals surface area contributed by atoms with Gasteiger partial charge < -0.3 is 9.26 Å². The highest BCUT2D eigenvalue weighted by Gasteiger charge is 2.41. The van der Waals surface area contributed by atoms with Gasteiger partial charge in [-0.15, -0.1) is 23.2 Å². The lowest BCUT2D eigenvalue weighted by Gasteiger charge is -2.40. The molecule has 1 saturated heterocycles. The number of rotatable bonds is 10. The summed E-state index contributed by atoms with van der Waals surface area (Å²) in [6.45, 7) is 7.25. The van der Waals surface area contributed by atoms with Crippen molar-refractivity contribution in [2.45, 2.75) is 38.8 Å². The fourth-order valence-electron chi connectivity index (χ4n) is 2.10. The zero-order chi connectivity index (χ0) is 15.7. The minimum Gasteiger partial charge on any atom is -0.479 e. The van der Waals surface area contributed by atoms with Crippen LogP contribution in [-0.4, -0.2) is 42.4 Å². The van der Waals surface area contributed by atoms with Crippen molar-refractivity contribution in [2.75, 3.05) is 31.5 Å². The molecule has 1 N–H and O–H groups in total. The van der Waals surface area contributed by atoms with E-state index in [-0.39, 0.29) is 6.23 Å². The van der Waals surface area contributed by atoms with Crippen LogP contribution in [0.4, 0.5) is 0 Å². The lowest BCUT2D eigenvalue weighted by Crippen LogP contribution is -2.44. The van der Waals surface area contributed by atoms with Gasteiger partial charge in [0.1, 0.15) is 0 Å². The van der Waals surface area contributed by atoms with E-state index in [1.807, 2.05) is 0 Å². The molecule has 8 heteroatoms. The largest absolute Gasteiger partial charge is 0.479 e. The van der Waals surface area contributed by atoms with Crippen molar-refractivity contribution >= 4 is 30.9 Å². The first kappa shape index (κ1) is 19.3. The first-order valence-electron chi connectivity index (χ1n) is 7.30. The van der Waals surface area contributed by atoms with Gasteiger partial charge in [0.05, 0.1) is 12.4 Å². The predicted molar refractivity (Wildman–Crippen MR) is 87.9 cm³/mol. The molecule has 2 atom stereocenters. The van der Waals surface area contributed by atoms with Crippen molar-refractivity contribution in [2.24, 2.45) is 0 Å². The second-order valence-electron chi connectivity index (χ2n) is 4.81. The average Bonchev–Trinajstić information content (AvgIpc) is 2.47. The van der Waals surface area contributed by atoms with E-state index in [2.05, 4.69) is 18.6 Å². The molecule has 124 valence electrons. The highest BCUT2D eigenvalue weighted by atomic mass is 35.5. The number of alkyl halides is 2. The molecule has 0 aliphatic carbocycles. The Bertz CT molecular complexity index is 371. The van der Waals surface area contributed by atoms with Crippen LogP contribution in [0.15, 0.2) is 12.3 Å². The molecular formula is C13H25Cl2N2O3P. The van der Waals surface area contributed by atoms with Crippen LogP contribution < -0.4 is 5.09 Å². The van der Waals surface area contributed by atoms with Gasteiger partial charge in [-0.1, -0.05) is 19.9 Å². The molecule has 1 heterocycles. The van der Waals surface area contributed by atoms with E-state index < -0.39 is 7.67 Å². The van der Waals surface area contributed by atoms with Gasteiger partial charge in [-0.05, 0) is 6.42 Å². The van der Waals surface area contributed by atoms with Crippen LogP contribution >= 0.6 is 30.9 Å². The Hall–Kier alpha value is 0.230. The molecule has 0 aromatic rings. The minimum atomic E-state index is -3.15. The second-order valence-corrected chi connectivity index (χ2v) is 7.69. The van der Waals surface area contributed by atoms with Crippen LogP contribution in [0.3, 0.4) is 0 Å². The number of unbranched alkanes of at least 4 members (excludes halogenated alkanes) is 1. The molecule has 0 spiro atoms. The number of halogens is 2. The lowest BCUT2D eigenvalue weighted by molar-refractivity contribution is -0.0210. The third kappa shape index (κ3) is 6.09. The SMILES string of the molecule is C=C(CCCC)OC1CCOP(=O)(NCCCl)N1CCCl. The van der Waals surface area contributed by atoms with Crippen molar-refractivity contribution in [3.63, 3.8) is 0 Å². The number of allylic oxidation sites excluding steroid dienone is 1. The zero-order valence-electron chi connectivity index (χ0n) is 12.5. The maximum absolute atomic E-state index is 12.9. The van der Waals surface area contributed by atoms with Gasteiger partial charge in [0.2, 0.25) is 0 Å². The van der Waals surface area contributed by atoms with Gasteiger partial charge in [0, 0.05) is 37.7 Å². The molecule has 0 aromatic heterocycles. The van der Waals surface area contributed by atoms with Crippen molar-refractivity contribution in [3.8, 4) is 0 Å². The smallest absolute Gasteiger partial charge is 0.346 e. The molecule has 2 unspecified atom stereocenters. The molecule has 1 fully saturated rings. The van der Waals surface area contributed by atoms with Crippen LogP contribution in [0.1, 0.15) is 32.6 Å². The molecule has 1 aliphatic rings. The van der Waals surface area contributed by atoms with Gasteiger partial charge >= 0.3 is 7.67 Å². The van der Waals surface area contributed by atoms with E-state index >= 15 is 0 Å². The Kier molecular flexibility index (Phi) is 9.26. The molecule has 5 nitrogen and oxygen atoms in total. The molecular weight excluding hydrogens is 334 g/mol. The summed E-state index contributed by atoms with van der Waals surface area (Å²) in [4.78, 5) is 0. The molecule has 0 bridgehead atoms. The van der Waals surface area contributed by atoms with Crippen LogP contribution in [0.25, 0.3) is 0 Å². The van der Waals surface area contributed by atoms with Crippen molar-refractivity contribution in [3.05, 3.63) is 12.3 Å². The maximum atomic E-state index is 12.9. The third-order valence-corrected chi connectivity index (χ3v) is 5.78. The first-order valence-corrected chi connectivity index (χ1v) is 9.95. The fourth-order valence-corrected chi connectivity index (χ4v) is 4.66. The standard InChI is InChI=1S/C13H25Cl2N2O3P/c1-3-4-5-12(2)20-13-6-11-19-21(18,16-9-7-14)17(13)10-8-15/h13H,2-11H2,1H3,(H,16,18). The second kappa shape index (κ2) is 10.1. The Labute approximate surface area is 137 Å². The summed E-state index contributed by atoms with van der Waals surface area (Å²) < 4.78 is 25.9. The number of nitrogens with zero attached hydrogens (tertiary/aromatic N) is 1. The molecule has 0 aromatic carbocycles. The molecule has 1 rings (SSSR count). The van der Waals surface area contributed by atoms with Gasteiger partial charge in [-0.2, -0.15) is 4.67 Å². The Morgan fingerprint density at radius 2 is 2.29 bits per heavy atom. The van der Waals surface area contributed by atoms with Gasteiger partial charge in [-0.3, -0.25) is 4.57 Å². The fraction of sp³-hybridized carbons (Fsp3) is 0.846. The van der Waals surface area contributed by atoms with Crippen LogP contribution in [0.5, 0.6) is 0 Å². The molecule has 0 saturated carbocycles. The van der Waals surface area contributed by atoms with Gasteiger partial charge in [-0.25, -0.2) is 5.09 Å². The highest BCUT2D eigenvalue weighted by Crippen LogP contribution is 2.51. The first-order chi connectivity index (χ1) is 10.1. The van der Waals surface area contributed by atoms with Crippen molar-refractivity contribution < 1.29 is 13.8 Å². The Morgan fingerprint density at radius 1 is 1.52 bits per heavy atom. The molecule has 0 radical (unpaired) electrons. The monoisotopic (exact) mass is 358 g/mol. The molecule has 1 aliphatic heterocycles. The molecule has 21 heavy (non-hydrogen) atoms. The maximum Gasteiger partial charge on any atom is 0.346 e. The van der Waals surface area contributed by atoms with Crippen molar-refractivity contribution in [1.82, 2.24) is 9.76 Å². The predicted octanol–water partition coefficient (Wildman–Crippen LogP) is 3.93. The van der Waals surface area contributed by atoms with E-state index in [0.717, 1.165) is 19.3 Å². The van der Waals surface area contributed by atoms with Gasteiger partial charge in [0.15, 0.2) is 6.23 Å². The summed E-state index contributed by atoms with van der Waals surface area (Å²) in [7, 11) is -3.15. The van der Waals surface area contributed by atoms with E-state index in [1.165, 1.54) is 0 Å². The Morgan fingerprint density at radius 3 is 2.90 bits per heavy atom.